The van der Waals surface area contributed by atoms with Gasteiger partial charge in [-0.3, -0.25) is 9.59 Å². The molecule has 0 aromatic rings. The lowest BCUT2D eigenvalue weighted by atomic mass is 10.1. The maximum absolute atomic E-state index is 11.0. The van der Waals surface area contributed by atoms with Crippen LogP contribution >= 0.6 is 0 Å². The quantitative estimate of drug-likeness (QED) is 0.507. The van der Waals surface area contributed by atoms with Crippen molar-refractivity contribution in [2.24, 2.45) is 5.92 Å². The molecule has 0 aliphatic carbocycles. The smallest absolute Gasteiger partial charge is 0.376 e. The largest absolute Gasteiger partial charge is 0.475 e. The summed E-state index contributed by atoms with van der Waals surface area (Å²) in [6.07, 6.45) is 2.29. The van der Waals surface area contributed by atoms with Crippen molar-refractivity contribution in [2.75, 3.05) is 0 Å². The van der Waals surface area contributed by atoms with Gasteiger partial charge in [0.05, 0.1) is 0 Å². The van der Waals surface area contributed by atoms with Crippen LogP contribution < -0.4 is 0 Å². The first-order valence-electron chi connectivity index (χ1n) is 3.91. The predicted molar refractivity (Wildman–Crippen MR) is 46.2 cm³/mol. The number of allylic oxidation sites excluding steroid dienone is 1. The summed E-state index contributed by atoms with van der Waals surface area (Å²) in [5.74, 6) is -2.62. The second-order valence-electron chi connectivity index (χ2n) is 2.90. The van der Waals surface area contributed by atoms with Crippen LogP contribution in [0.25, 0.3) is 0 Å². The fraction of sp³-hybridized carbons (Fsp3) is 0.444. The van der Waals surface area contributed by atoms with Crippen LogP contribution in [0.15, 0.2) is 12.2 Å². The third-order valence-electron chi connectivity index (χ3n) is 1.44. The molecule has 0 aliphatic heterocycles. The van der Waals surface area contributed by atoms with E-state index in [1.165, 1.54) is 6.08 Å². The first-order chi connectivity index (χ1) is 5.95. The van der Waals surface area contributed by atoms with E-state index in [1.807, 2.05) is 0 Å². The zero-order valence-electron chi connectivity index (χ0n) is 7.61. The monoisotopic (exact) mass is 184 g/mol. The maximum Gasteiger partial charge on any atom is 0.376 e. The van der Waals surface area contributed by atoms with Crippen molar-refractivity contribution in [3.05, 3.63) is 12.2 Å². The number of aliphatic carboxylic acids is 1. The molecule has 0 aromatic heterocycles. The molecule has 0 saturated heterocycles. The maximum atomic E-state index is 11.0. The molecule has 0 amide bonds. The van der Waals surface area contributed by atoms with Crippen LogP contribution in [0.2, 0.25) is 0 Å². The second-order valence-corrected chi connectivity index (χ2v) is 2.90. The van der Waals surface area contributed by atoms with Gasteiger partial charge < -0.3 is 5.11 Å². The van der Waals surface area contributed by atoms with Crippen molar-refractivity contribution in [3.8, 4) is 0 Å². The normalized spacial score (nSPS) is 10.7. The van der Waals surface area contributed by atoms with Gasteiger partial charge in [-0.2, -0.15) is 0 Å². The minimum absolute atomic E-state index is 0.0190. The van der Waals surface area contributed by atoms with Gasteiger partial charge in [-0.25, -0.2) is 4.79 Å². The van der Waals surface area contributed by atoms with E-state index in [4.69, 9.17) is 5.11 Å². The minimum atomic E-state index is -1.51. The van der Waals surface area contributed by atoms with Crippen molar-refractivity contribution in [1.82, 2.24) is 0 Å². The number of hydrogen-bond acceptors (Lipinski definition) is 3. The Morgan fingerprint density at radius 3 is 2.23 bits per heavy atom. The molecule has 0 heterocycles. The summed E-state index contributed by atoms with van der Waals surface area (Å²) >= 11 is 0. The molecule has 0 spiro atoms. The van der Waals surface area contributed by atoms with Gasteiger partial charge in [0.1, 0.15) is 5.78 Å². The van der Waals surface area contributed by atoms with E-state index in [9.17, 15) is 14.4 Å². The Kier molecular flexibility index (Phi) is 4.66. The first-order valence-corrected chi connectivity index (χ1v) is 3.91. The summed E-state index contributed by atoms with van der Waals surface area (Å²) in [6.45, 7) is 3.49. The van der Waals surface area contributed by atoms with Crippen LogP contribution in [0.5, 0.6) is 0 Å². The molecular formula is C9H12O4. The van der Waals surface area contributed by atoms with Gasteiger partial charge in [0.25, 0.3) is 5.78 Å². The van der Waals surface area contributed by atoms with E-state index < -0.39 is 11.8 Å². The minimum Gasteiger partial charge on any atom is -0.475 e. The van der Waals surface area contributed by atoms with E-state index in [-0.39, 0.29) is 18.1 Å². The summed E-state index contributed by atoms with van der Waals surface area (Å²) in [4.78, 5) is 31.5. The van der Waals surface area contributed by atoms with Gasteiger partial charge in [-0.05, 0) is 6.08 Å². The number of Topliss-reactive ketones (excluding diaryl/α,β-unsaturated/α-hetero) is 1. The zero-order valence-corrected chi connectivity index (χ0v) is 7.61. The van der Waals surface area contributed by atoms with E-state index >= 15 is 0 Å². The fourth-order valence-electron chi connectivity index (χ4n) is 0.589. The predicted octanol–water partition coefficient (Wildman–Crippen LogP) is 0.811. The molecule has 72 valence electrons. The number of carbonyl (C=O) groups is 3. The molecule has 1 N–H and O–H groups in total. The van der Waals surface area contributed by atoms with E-state index in [2.05, 4.69) is 0 Å². The van der Waals surface area contributed by atoms with Gasteiger partial charge in [0.15, 0.2) is 0 Å². The van der Waals surface area contributed by atoms with E-state index in [0.717, 1.165) is 6.08 Å². The van der Waals surface area contributed by atoms with Gasteiger partial charge in [0.2, 0.25) is 0 Å². The number of carbonyl (C=O) groups excluding carboxylic acids is 2. The zero-order chi connectivity index (χ0) is 10.4. The van der Waals surface area contributed by atoms with Gasteiger partial charge in [-0.15, -0.1) is 0 Å². The standard InChI is InChI=1S/C9H12O4/c1-6(2)7(10)4-3-5-8(11)9(12)13/h3,5-6H,4H2,1-2H3,(H,12,13). The summed E-state index contributed by atoms with van der Waals surface area (Å²) in [6, 6.07) is 0. The van der Waals surface area contributed by atoms with Crippen LogP contribution in [0, 0.1) is 5.92 Å². The third-order valence-corrected chi connectivity index (χ3v) is 1.44. The lowest BCUT2D eigenvalue weighted by molar-refractivity contribution is -0.146. The molecule has 13 heavy (non-hydrogen) atoms. The number of carboxylic acid groups (broad SMARTS) is 1. The lowest BCUT2D eigenvalue weighted by Gasteiger charge is -1.97. The Bertz CT molecular complexity index is 250. The Morgan fingerprint density at radius 2 is 1.85 bits per heavy atom. The highest BCUT2D eigenvalue weighted by molar-refractivity contribution is 6.37. The average Bonchev–Trinajstić information content (AvgIpc) is 2.03. The summed E-state index contributed by atoms with van der Waals surface area (Å²) in [5, 5.41) is 8.17. The topological polar surface area (TPSA) is 71.4 Å². The van der Waals surface area contributed by atoms with Crippen LogP contribution in [0.3, 0.4) is 0 Å². The van der Waals surface area contributed by atoms with Gasteiger partial charge >= 0.3 is 5.97 Å². The molecule has 0 atom stereocenters. The number of hydrogen-bond donors (Lipinski definition) is 1. The van der Waals surface area contributed by atoms with Crippen LogP contribution in [-0.4, -0.2) is 22.6 Å². The van der Waals surface area contributed by atoms with E-state index in [0.29, 0.717) is 0 Å². The summed E-state index contributed by atoms with van der Waals surface area (Å²) < 4.78 is 0. The van der Waals surface area contributed by atoms with E-state index in [1.54, 1.807) is 13.8 Å². The third kappa shape index (κ3) is 4.90. The lowest BCUT2D eigenvalue weighted by Crippen LogP contribution is -2.09. The molecule has 0 unspecified atom stereocenters. The van der Waals surface area contributed by atoms with Gasteiger partial charge in [-0.1, -0.05) is 19.9 Å². The van der Waals surface area contributed by atoms with Crippen molar-refractivity contribution in [2.45, 2.75) is 20.3 Å². The molecular weight excluding hydrogens is 172 g/mol. The van der Waals surface area contributed by atoms with Crippen LogP contribution in [0.4, 0.5) is 0 Å². The fourth-order valence-corrected chi connectivity index (χ4v) is 0.589. The summed E-state index contributed by atoms with van der Waals surface area (Å²) in [5.41, 5.74) is 0. The molecule has 0 aromatic carbocycles. The Hall–Kier alpha value is -1.45. The molecule has 0 fully saturated rings. The number of carboxylic acids is 1. The highest BCUT2D eigenvalue weighted by atomic mass is 16.4. The first kappa shape index (κ1) is 11.6. The molecule has 0 bridgehead atoms. The molecule has 4 heteroatoms. The molecule has 0 aliphatic rings. The van der Waals surface area contributed by atoms with Crippen molar-refractivity contribution < 1.29 is 19.5 Å². The average molecular weight is 184 g/mol. The number of rotatable bonds is 5. The Morgan fingerprint density at radius 1 is 1.31 bits per heavy atom. The summed E-state index contributed by atoms with van der Waals surface area (Å²) in [7, 11) is 0. The van der Waals surface area contributed by atoms with Crippen molar-refractivity contribution in [1.29, 1.82) is 0 Å². The van der Waals surface area contributed by atoms with Crippen molar-refractivity contribution >= 4 is 17.5 Å². The van der Waals surface area contributed by atoms with Gasteiger partial charge in [0, 0.05) is 12.3 Å². The highest BCUT2D eigenvalue weighted by Crippen LogP contribution is 1.99. The second kappa shape index (κ2) is 5.24. The van der Waals surface area contributed by atoms with Crippen molar-refractivity contribution in [3.63, 3.8) is 0 Å². The van der Waals surface area contributed by atoms with Crippen LogP contribution in [0.1, 0.15) is 20.3 Å². The Labute approximate surface area is 76.2 Å². The SMILES string of the molecule is CC(C)C(=O)CC=CC(=O)C(=O)O. The highest BCUT2D eigenvalue weighted by Gasteiger charge is 2.07. The van der Waals surface area contributed by atoms with Crippen LogP contribution in [-0.2, 0) is 14.4 Å². The molecule has 4 nitrogen and oxygen atoms in total. The molecule has 0 saturated carbocycles. The Balaban J connectivity index is 3.96. The number of ketones is 2. The molecule has 0 radical (unpaired) electrons. The molecule has 0 rings (SSSR count).